The van der Waals surface area contributed by atoms with E-state index < -0.39 is 0 Å². The van der Waals surface area contributed by atoms with Gasteiger partial charge in [-0.15, -0.1) is 0 Å². The summed E-state index contributed by atoms with van der Waals surface area (Å²) in [6.45, 7) is 14.4. The lowest BCUT2D eigenvalue weighted by molar-refractivity contribution is -0.131. The summed E-state index contributed by atoms with van der Waals surface area (Å²) < 4.78 is 10.8. The van der Waals surface area contributed by atoms with Crippen LogP contribution in [0.4, 0.5) is 0 Å². The van der Waals surface area contributed by atoms with E-state index in [1.165, 1.54) is 0 Å². The fourth-order valence-electron chi connectivity index (χ4n) is 1.02. The minimum Gasteiger partial charge on any atom is -0.381 e. The summed E-state index contributed by atoms with van der Waals surface area (Å²) in [5.74, 6) is 0.146. The molecule has 0 saturated carbocycles. The van der Waals surface area contributed by atoms with Gasteiger partial charge < -0.3 is 9.47 Å². The van der Waals surface area contributed by atoms with E-state index in [2.05, 4.69) is 20.8 Å². The van der Waals surface area contributed by atoms with E-state index >= 15 is 0 Å². The van der Waals surface area contributed by atoms with Crippen molar-refractivity contribution < 1.29 is 14.3 Å². The summed E-state index contributed by atoms with van der Waals surface area (Å²) in [5.41, 5.74) is -0.0915. The average Bonchev–Trinajstić information content (AvgIpc) is 2.12. The molecule has 17 heavy (non-hydrogen) atoms. The Balaban J connectivity index is 3.39. The molecule has 0 rings (SSSR count). The monoisotopic (exact) mass is 244 g/mol. The van der Waals surface area contributed by atoms with E-state index in [0.717, 1.165) is 13.0 Å². The van der Waals surface area contributed by atoms with Gasteiger partial charge in [0, 0.05) is 18.6 Å². The van der Waals surface area contributed by atoms with Crippen LogP contribution < -0.4 is 0 Å². The van der Waals surface area contributed by atoms with Crippen LogP contribution in [-0.2, 0) is 14.3 Å². The second-order valence-corrected chi connectivity index (χ2v) is 6.69. The Hall–Kier alpha value is -0.410. The van der Waals surface area contributed by atoms with Crippen molar-refractivity contribution in [2.45, 2.75) is 48.0 Å². The van der Waals surface area contributed by atoms with Gasteiger partial charge in [-0.2, -0.15) is 0 Å². The SMILES string of the molecule is CC(C)(C)COCCCOCC(=O)C(C)(C)C. The third-order valence-corrected chi connectivity index (χ3v) is 2.18. The molecule has 0 heterocycles. The maximum Gasteiger partial charge on any atom is 0.163 e. The second-order valence-electron chi connectivity index (χ2n) is 6.69. The summed E-state index contributed by atoms with van der Waals surface area (Å²) >= 11 is 0. The van der Waals surface area contributed by atoms with Crippen LogP contribution >= 0.6 is 0 Å². The molecule has 0 fully saturated rings. The van der Waals surface area contributed by atoms with Crippen molar-refractivity contribution in [2.24, 2.45) is 10.8 Å². The lowest BCUT2D eigenvalue weighted by Crippen LogP contribution is -2.25. The van der Waals surface area contributed by atoms with Gasteiger partial charge in [0.1, 0.15) is 6.61 Å². The predicted octanol–water partition coefficient (Wildman–Crippen LogP) is 3.07. The van der Waals surface area contributed by atoms with Crippen molar-refractivity contribution in [2.75, 3.05) is 26.4 Å². The third kappa shape index (κ3) is 10.5. The van der Waals surface area contributed by atoms with Crippen LogP contribution in [0, 0.1) is 10.8 Å². The number of hydrogen-bond acceptors (Lipinski definition) is 3. The maximum atomic E-state index is 11.5. The van der Waals surface area contributed by atoms with E-state index in [1.54, 1.807) is 0 Å². The molecule has 0 aromatic rings. The molecule has 0 aliphatic carbocycles. The summed E-state index contributed by atoms with van der Waals surface area (Å²) in [4.78, 5) is 11.5. The second kappa shape index (κ2) is 7.12. The molecule has 3 nitrogen and oxygen atoms in total. The molecule has 0 spiro atoms. The molecule has 0 radical (unpaired) electrons. The first kappa shape index (κ1) is 16.6. The number of Topliss-reactive ketones (excluding diaryl/α,β-unsaturated/α-hetero) is 1. The molecule has 0 atom stereocenters. The lowest BCUT2D eigenvalue weighted by Gasteiger charge is -2.18. The molecule has 0 unspecified atom stereocenters. The zero-order valence-electron chi connectivity index (χ0n) is 12.3. The molecular formula is C14H28O3. The molecule has 0 aliphatic rings. The number of hydrogen-bond donors (Lipinski definition) is 0. The molecule has 0 aliphatic heterocycles. The quantitative estimate of drug-likeness (QED) is 0.646. The van der Waals surface area contributed by atoms with Crippen molar-refractivity contribution in [3.05, 3.63) is 0 Å². The highest BCUT2D eigenvalue weighted by Gasteiger charge is 2.20. The van der Waals surface area contributed by atoms with Crippen LogP contribution in [0.5, 0.6) is 0 Å². The highest BCUT2D eigenvalue weighted by Crippen LogP contribution is 2.14. The van der Waals surface area contributed by atoms with Crippen LogP contribution in [0.3, 0.4) is 0 Å². The molecule has 0 N–H and O–H groups in total. The van der Waals surface area contributed by atoms with Crippen LogP contribution in [0.25, 0.3) is 0 Å². The first-order valence-corrected chi connectivity index (χ1v) is 6.32. The molecule has 0 saturated heterocycles. The topological polar surface area (TPSA) is 35.5 Å². The number of carbonyl (C=O) groups is 1. The first-order valence-electron chi connectivity index (χ1n) is 6.32. The van der Waals surface area contributed by atoms with Gasteiger partial charge in [-0.25, -0.2) is 0 Å². The van der Waals surface area contributed by atoms with Crippen LogP contribution in [0.15, 0.2) is 0 Å². The van der Waals surface area contributed by atoms with Gasteiger partial charge in [0.2, 0.25) is 0 Å². The van der Waals surface area contributed by atoms with E-state index in [-0.39, 0.29) is 23.2 Å². The predicted molar refractivity (Wildman–Crippen MR) is 70.2 cm³/mol. The van der Waals surface area contributed by atoms with Crippen molar-refractivity contribution in [1.82, 2.24) is 0 Å². The van der Waals surface area contributed by atoms with Crippen LogP contribution in [0.2, 0.25) is 0 Å². The fraction of sp³-hybridized carbons (Fsp3) is 0.929. The van der Waals surface area contributed by atoms with E-state index in [0.29, 0.717) is 13.2 Å². The Morgan fingerprint density at radius 2 is 1.47 bits per heavy atom. The Labute approximate surface area is 106 Å². The maximum absolute atomic E-state index is 11.5. The van der Waals surface area contributed by atoms with E-state index in [1.807, 2.05) is 20.8 Å². The Morgan fingerprint density at radius 1 is 0.941 bits per heavy atom. The van der Waals surface area contributed by atoms with Crippen LogP contribution in [-0.4, -0.2) is 32.2 Å². The van der Waals surface area contributed by atoms with E-state index in [9.17, 15) is 4.79 Å². The summed E-state index contributed by atoms with van der Waals surface area (Å²) in [6.07, 6.45) is 0.841. The normalized spacial score (nSPS) is 12.8. The highest BCUT2D eigenvalue weighted by molar-refractivity contribution is 5.84. The fourth-order valence-corrected chi connectivity index (χ4v) is 1.02. The summed E-state index contributed by atoms with van der Waals surface area (Å²) in [6, 6.07) is 0. The smallest absolute Gasteiger partial charge is 0.163 e. The average molecular weight is 244 g/mol. The van der Waals surface area contributed by atoms with Crippen molar-refractivity contribution >= 4 is 5.78 Å². The molecule has 0 aromatic carbocycles. The number of carbonyl (C=O) groups excluding carboxylic acids is 1. The zero-order chi connectivity index (χ0) is 13.5. The van der Waals surface area contributed by atoms with E-state index in [4.69, 9.17) is 9.47 Å². The van der Waals surface area contributed by atoms with Crippen molar-refractivity contribution in [1.29, 1.82) is 0 Å². The van der Waals surface area contributed by atoms with Crippen LogP contribution in [0.1, 0.15) is 48.0 Å². The Morgan fingerprint density at radius 3 is 1.94 bits per heavy atom. The minimum absolute atomic E-state index is 0.146. The highest BCUT2D eigenvalue weighted by atomic mass is 16.5. The number of rotatable bonds is 7. The molecule has 102 valence electrons. The largest absolute Gasteiger partial charge is 0.381 e. The first-order chi connectivity index (χ1) is 7.63. The van der Waals surface area contributed by atoms with Gasteiger partial charge >= 0.3 is 0 Å². The molecule has 3 heteroatoms. The molecule has 0 bridgehead atoms. The van der Waals surface area contributed by atoms with Gasteiger partial charge in [-0.05, 0) is 11.8 Å². The number of ketones is 1. The lowest BCUT2D eigenvalue weighted by atomic mass is 9.91. The third-order valence-electron chi connectivity index (χ3n) is 2.18. The number of ether oxygens (including phenoxy) is 2. The summed E-state index contributed by atoms with van der Waals surface area (Å²) in [5, 5.41) is 0. The van der Waals surface area contributed by atoms with Gasteiger partial charge in [-0.1, -0.05) is 41.5 Å². The Bertz CT molecular complexity index is 221. The van der Waals surface area contributed by atoms with Crippen molar-refractivity contribution in [3.8, 4) is 0 Å². The van der Waals surface area contributed by atoms with Gasteiger partial charge in [0.05, 0.1) is 6.61 Å². The minimum atomic E-state index is -0.303. The zero-order valence-corrected chi connectivity index (χ0v) is 12.3. The molecule has 0 aromatic heterocycles. The van der Waals surface area contributed by atoms with Gasteiger partial charge in [0.15, 0.2) is 5.78 Å². The van der Waals surface area contributed by atoms with Gasteiger partial charge in [0.25, 0.3) is 0 Å². The Kier molecular flexibility index (Phi) is 6.95. The molecular weight excluding hydrogens is 216 g/mol. The summed E-state index contributed by atoms with van der Waals surface area (Å²) in [7, 11) is 0. The molecule has 0 amide bonds. The van der Waals surface area contributed by atoms with Gasteiger partial charge in [-0.3, -0.25) is 4.79 Å². The standard InChI is InChI=1S/C14H28O3/c1-13(2,3)11-17-9-7-8-16-10-12(15)14(4,5)6/h7-11H2,1-6H3. The van der Waals surface area contributed by atoms with Crippen molar-refractivity contribution in [3.63, 3.8) is 0 Å².